The molecule has 3 heteroatoms. The van der Waals surface area contributed by atoms with Crippen molar-refractivity contribution in [2.75, 3.05) is 6.61 Å². The molecule has 0 amide bonds. The van der Waals surface area contributed by atoms with E-state index < -0.39 is 0 Å². The van der Waals surface area contributed by atoms with Gasteiger partial charge in [-0.25, -0.2) is 4.99 Å². The van der Waals surface area contributed by atoms with Gasteiger partial charge in [-0.2, -0.15) is 0 Å². The standard InChI is InChI=1S/C15H22N2O/c1-14(2,3)16-13-17-15(4,10-11-18-13)12-8-6-5-7-9-12/h5-9H,10-11H2,1-4H3,(H,16,17). The molecule has 0 aliphatic carbocycles. The molecule has 0 saturated carbocycles. The van der Waals surface area contributed by atoms with Crippen molar-refractivity contribution in [1.82, 2.24) is 5.32 Å². The van der Waals surface area contributed by atoms with Crippen molar-refractivity contribution in [1.29, 1.82) is 0 Å². The smallest absolute Gasteiger partial charge is 0.285 e. The van der Waals surface area contributed by atoms with Crippen LogP contribution in [-0.4, -0.2) is 18.2 Å². The van der Waals surface area contributed by atoms with Crippen LogP contribution in [-0.2, 0) is 10.3 Å². The summed E-state index contributed by atoms with van der Waals surface area (Å²) in [5.74, 6) is 0. The van der Waals surface area contributed by atoms with Gasteiger partial charge in [0.1, 0.15) is 0 Å². The van der Waals surface area contributed by atoms with E-state index in [0.29, 0.717) is 12.6 Å². The van der Waals surface area contributed by atoms with Crippen LogP contribution >= 0.6 is 0 Å². The Morgan fingerprint density at radius 1 is 1.22 bits per heavy atom. The quantitative estimate of drug-likeness (QED) is 0.826. The Kier molecular flexibility index (Phi) is 3.33. The summed E-state index contributed by atoms with van der Waals surface area (Å²) in [6.07, 6.45) is 0.909. The summed E-state index contributed by atoms with van der Waals surface area (Å²) in [5, 5.41) is 3.31. The second-order valence-electron chi connectivity index (χ2n) is 6.03. The lowest BCUT2D eigenvalue weighted by atomic mass is 9.89. The van der Waals surface area contributed by atoms with Crippen molar-refractivity contribution in [3.8, 4) is 0 Å². The second-order valence-corrected chi connectivity index (χ2v) is 6.03. The largest absolute Gasteiger partial charge is 0.465 e. The molecule has 0 radical (unpaired) electrons. The predicted molar refractivity (Wildman–Crippen MR) is 74.7 cm³/mol. The minimum Gasteiger partial charge on any atom is -0.465 e. The topological polar surface area (TPSA) is 33.6 Å². The first kappa shape index (κ1) is 12.9. The Bertz CT molecular complexity index is 434. The average molecular weight is 246 g/mol. The molecule has 98 valence electrons. The Hall–Kier alpha value is -1.51. The van der Waals surface area contributed by atoms with Crippen molar-refractivity contribution in [2.24, 2.45) is 4.99 Å². The molecule has 1 aliphatic rings. The number of benzene rings is 1. The summed E-state index contributed by atoms with van der Waals surface area (Å²) < 4.78 is 5.61. The molecule has 3 nitrogen and oxygen atoms in total. The van der Waals surface area contributed by atoms with E-state index in [9.17, 15) is 0 Å². The second kappa shape index (κ2) is 4.63. The number of amidine groups is 1. The summed E-state index contributed by atoms with van der Waals surface area (Å²) >= 11 is 0. The van der Waals surface area contributed by atoms with E-state index in [1.807, 2.05) is 6.07 Å². The van der Waals surface area contributed by atoms with Crippen LogP contribution in [0.2, 0.25) is 0 Å². The van der Waals surface area contributed by atoms with Crippen molar-refractivity contribution in [3.05, 3.63) is 35.9 Å². The Balaban J connectivity index is 2.26. The van der Waals surface area contributed by atoms with Crippen LogP contribution in [0, 0.1) is 0 Å². The zero-order valence-corrected chi connectivity index (χ0v) is 11.7. The molecule has 18 heavy (non-hydrogen) atoms. The maximum atomic E-state index is 5.61. The number of aliphatic imine (C=N–C) groups is 1. The molecule has 2 rings (SSSR count). The maximum Gasteiger partial charge on any atom is 0.285 e. The van der Waals surface area contributed by atoms with Crippen LogP contribution < -0.4 is 5.32 Å². The third-order valence-electron chi connectivity index (χ3n) is 3.05. The number of ether oxygens (including phenoxy) is 1. The molecule has 1 aromatic rings. The summed E-state index contributed by atoms with van der Waals surface area (Å²) in [6.45, 7) is 9.18. The third kappa shape index (κ3) is 3.03. The van der Waals surface area contributed by atoms with Gasteiger partial charge in [0.15, 0.2) is 0 Å². The first-order valence-corrected chi connectivity index (χ1v) is 6.45. The van der Waals surface area contributed by atoms with Gasteiger partial charge in [0.2, 0.25) is 0 Å². The van der Waals surface area contributed by atoms with Gasteiger partial charge in [-0.05, 0) is 33.3 Å². The Morgan fingerprint density at radius 2 is 1.89 bits per heavy atom. The number of nitrogens with zero attached hydrogens (tertiary/aromatic N) is 1. The third-order valence-corrected chi connectivity index (χ3v) is 3.05. The highest BCUT2D eigenvalue weighted by Gasteiger charge is 2.31. The van der Waals surface area contributed by atoms with Gasteiger partial charge < -0.3 is 10.1 Å². The SMILES string of the molecule is CC(C)(C)NC1=NC(C)(c2ccccc2)CCO1. The van der Waals surface area contributed by atoms with Gasteiger partial charge in [0.05, 0.1) is 12.1 Å². The van der Waals surface area contributed by atoms with Gasteiger partial charge in [-0.1, -0.05) is 30.3 Å². The lowest BCUT2D eigenvalue weighted by molar-refractivity contribution is 0.202. The van der Waals surface area contributed by atoms with E-state index in [2.05, 4.69) is 57.3 Å². The summed E-state index contributed by atoms with van der Waals surface area (Å²) in [6, 6.07) is 11.1. The van der Waals surface area contributed by atoms with Gasteiger partial charge >= 0.3 is 0 Å². The number of hydrogen-bond acceptors (Lipinski definition) is 3. The van der Waals surface area contributed by atoms with E-state index in [4.69, 9.17) is 9.73 Å². The predicted octanol–water partition coefficient (Wildman–Crippen LogP) is 3.07. The van der Waals surface area contributed by atoms with Crippen LogP contribution in [0.1, 0.15) is 39.7 Å². The zero-order chi connectivity index (χ0) is 13.2. The zero-order valence-electron chi connectivity index (χ0n) is 11.7. The summed E-state index contributed by atoms with van der Waals surface area (Å²) in [5.41, 5.74) is 1.02. The van der Waals surface area contributed by atoms with Crippen LogP contribution in [0.4, 0.5) is 0 Å². The fourth-order valence-corrected chi connectivity index (χ4v) is 2.05. The fourth-order valence-electron chi connectivity index (χ4n) is 2.05. The van der Waals surface area contributed by atoms with Gasteiger partial charge in [0.25, 0.3) is 6.02 Å². The minimum atomic E-state index is -0.187. The van der Waals surface area contributed by atoms with E-state index in [-0.39, 0.29) is 11.1 Å². The first-order chi connectivity index (χ1) is 8.39. The molecular weight excluding hydrogens is 224 g/mol. The monoisotopic (exact) mass is 246 g/mol. The number of hydrogen-bond donors (Lipinski definition) is 1. The van der Waals surface area contributed by atoms with Crippen molar-refractivity contribution in [2.45, 2.75) is 45.2 Å². The molecule has 1 N–H and O–H groups in total. The van der Waals surface area contributed by atoms with Crippen molar-refractivity contribution in [3.63, 3.8) is 0 Å². The fraction of sp³-hybridized carbons (Fsp3) is 0.533. The van der Waals surface area contributed by atoms with Crippen molar-refractivity contribution >= 4 is 6.02 Å². The van der Waals surface area contributed by atoms with E-state index in [0.717, 1.165) is 6.42 Å². The van der Waals surface area contributed by atoms with E-state index in [1.54, 1.807) is 0 Å². The Labute approximate surface area is 109 Å². The van der Waals surface area contributed by atoms with Crippen LogP contribution in [0.25, 0.3) is 0 Å². The highest BCUT2D eigenvalue weighted by Crippen LogP contribution is 2.31. The van der Waals surface area contributed by atoms with Crippen molar-refractivity contribution < 1.29 is 4.74 Å². The van der Waals surface area contributed by atoms with Crippen LogP contribution in [0.5, 0.6) is 0 Å². The number of nitrogens with one attached hydrogen (secondary N) is 1. The van der Waals surface area contributed by atoms with Crippen LogP contribution in [0.3, 0.4) is 0 Å². The lowest BCUT2D eigenvalue weighted by Gasteiger charge is -2.33. The van der Waals surface area contributed by atoms with E-state index in [1.165, 1.54) is 5.56 Å². The Morgan fingerprint density at radius 3 is 2.50 bits per heavy atom. The highest BCUT2D eigenvalue weighted by molar-refractivity contribution is 5.75. The minimum absolute atomic E-state index is 0.0340. The molecule has 0 fully saturated rings. The molecule has 1 aromatic carbocycles. The summed E-state index contributed by atoms with van der Waals surface area (Å²) in [4.78, 5) is 4.75. The molecule has 0 aromatic heterocycles. The van der Waals surface area contributed by atoms with Gasteiger partial charge in [-0.3, -0.25) is 0 Å². The average Bonchev–Trinajstić information content (AvgIpc) is 2.28. The molecule has 0 saturated heterocycles. The molecule has 1 heterocycles. The molecule has 1 atom stereocenters. The molecule has 1 aliphatic heterocycles. The van der Waals surface area contributed by atoms with Crippen LogP contribution in [0.15, 0.2) is 35.3 Å². The molecule has 1 unspecified atom stereocenters. The molecule has 0 spiro atoms. The normalized spacial score (nSPS) is 24.1. The molecule has 0 bridgehead atoms. The first-order valence-electron chi connectivity index (χ1n) is 6.45. The van der Waals surface area contributed by atoms with E-state index >= 15 is 0 Å². The maximum absolute atomic E-state index is 5.61. The molecular formula is C15H22N2O. The summed E-state index contributed by atoms with van der Waals surface area (Å²) in [7, 11) is 0. The van der Waals surface area contributed by atoms with Gasteiger partial charge in [0, 0.05) is 12.0 Å². The van der Waals surface area contributed by atoms with Gasteiger partial charge in [-0.15, -0.1) is 0 Å². The highest BCUT2D eigenvalue weighted by atomic mass is 16.5. The lowest BCUT2D eigenvalue weighted by Crippen LogP contribution is -2.45. The number of rotatable bonds is 1.